The van der Waals surface area contributed by atoms with Crippen LogP contribution >= 0.6 is 0 Å². The minimum Gasteiger partial charge on any atom is -0.346 e. The normalized spacial score (nSPS) is 22.5. The Labute approximate surface area is 84.3 Å². The molecule has 0 radical (unpaired) electrons. The third kappa shape index (κ3) is 2.13. The van der Waals surface area contributed by atoms with Crippen LogP contribution in [0.5, 0.6) is 0 Å². The van der Waals surface area contributed by atoms with Crippen molar-refractivity contribution in [3.8, 4) is 0 Å². The van der Waals surface area contributed by atoms with Gasteiger partial charge in [0.25, 0.3) is 0 Å². The molecule has 1 unspecified atom stereocenters. The zero-order valence-corrected chi connectivity index (χ0v) is 8.42. The number of rotatable bonds is 3. The van der Waals surface area contributed by atoms with Gasteiger partial charge in [-0.25, -0.2) is 4.98 Å². The van der Waals surface area contributed by atoms with Crippen LogP contribution in [0.4, 0.5) is 0 Å². The molecule has 0 aliphatic carbocycles. The lowest BCUT2D eigenvalue weighted by atomic mass is 9.97. The molecule has 1 aliphatic heterocycles. The number of imidazole rings is 1. The first-order valence-electron chi connectivity index (χ1n) is 5.34. The number of hydrogen-bond donors (Lipinski definition) is 3. The monoisotopic (exact) mass is 194 g/mol. The van der Waals surface area contributed by atoms with Crippen LogP contribution in [0.25, 0.3) is 0 Å². The fourth-order valence-electron chi connectivity index (χ4n) is 1.97. The van der Waals surface area contributed by atoms with E-state index < -0.39 is 0 Å². The van der Waals surface area contributed by atoms with Crippen molar-refractivity contribution in [3.05, 3.63) is 17.7 Å². The van der Waals surface area contributed by atoms with E-state index in [9.17, 15) is 0 Å². The highest BCUT2D eigenvalue weighted by molar-refractivity contribution is 5.09. The Hall–Kier alpha value is -0.870. The Morgan fingerprint density at radius 1 is 1.57 bits per heavy atom. The first-order chi connectivity index (χ1) is 6.90. The van der Waals surface area contributed by atoms with Gasteiger partial charge in [-0.15, -0.1) is 0 Å². The lowest BCUT2D eigenvalue weighted by Gasteiger charge is -2.21. The number of piperidine rings is 1. The number of H-pyrrole nitrogens is 1. The second-order valence-electron chi connectivity index (χ2n) is 3.87. The summed E-state index contributed by atoms with van der Waals surface area (Å²) in [7, 11) is 0. The van der Waals surface area contributed by atoms with E-state index in [4.69, 9.17) is 5.73 Å². The molecule has 0 spiro atoms. The van der Waals surface area contributed by atoms with Crippen LogP contribution in [0.1, 0.15) is 30.3 Å². The molecule has 1 atom stereocenters. The number of aromatic nitrogens is 2. The maximum Gasteiger partial charge on any atom is 0.107 e. The molecule has 1 aromatic rings. The van der Waals surface area contributed by atoms with Crippen molar-refractivity contribution in [1.29, 1.82) is 0 Å². The van der Waals surface area contributed by atoms with Gasteiger partial charge in [-0.05, 0) is 25.9 Å². The molecular formula is C10H18N4. The summed E-state index contributed by atoms with van der Waals surface area (Å²) in [4.78, 5) is 7.67. The predicted molar refractivity (Wildman–Crippen MR) is 56.2 cm³/mol. The smallest absolute Gasteiger partial charge is 0.107 e. The average Bonchev–Trinajstić information content (AvgIpc) is 2.68. The van der Waals surface area contributed by atoms with Crippen molar-refractivity contribution < 1.29 is 0 Å². The van der Waals surface area contributed by atoms with E-state index in [1.807, 2.05) is 6.20 Å². The van der Waals surface area contributed by atoms with E-state index in [1.54, 1.807) is 0 Å². The summed E-state index contributed by atoms with van der Waals surface area (Å²) in [6.07, 6.45) is 5.33. The molecule has 0 bridgehead atoms. The van der Waals surface area contributed by atoms with E-state index in [1.165, 1.54) is 18.5 Å². The summed E-state index contributed by atoms with van der Waals surface area (Å²) >= 11 is 0. The molecule has 1 fully saturated rings. The van der Waals surface area contributed by atoms with Gasteiger partial charge in [0.05, 0.1) is 0 Å². The molecule has 0 amide bonds. The van der Waals surface area contributed by atoms with Gasteiger partial charge >= 0.3 is 0 Å². The fourth-order valence-corrected chi connectivity index (χ4v) is 1.97. The maximum absolute atomic E-state index is 5.48. The number of hydrogen-bond acceptors (Lipinski definition) is 3. The van der Waals surface area contributed by atoms with Crippen molar-refractivity contribution in [2.45, 2.75) is 25.2 Å². The first-order valence-corrected chi connectivity index (χ1v) is 5.34. The van der Waals surface area contributed by atoms with Crippen LogP contribution in [0.2, 0.25) is 0 Å². The highest BCUT2D eigenvalue weighted by Crippen LogP contribution is 2.21. The zero-order valence-electron chi connectivity index (χ0n) is 8.42. The van der Waals surface area contributed by atoms with Crippen molar-refractivity contribution in [1.82, 2.24) is 15.3 Å². The molecule has 78 valence electrons. The van der Waals surface area contributed by atoms with Crippen molar-refractivity contribution in [2.75, 3.05) is 19.6 Å². The van der Waals surface area contributed by atoms with Crippen molar-refractivity contribution >= 4 is 0 Å². The van der Waals surface area contributed by atoms with Crippen LogP contribution in [0.15, 0.2) is 6.20 Å². The summed E-state index contributed by atoms with van der Waals surface area (Å²) in [6.45, 7) is 2.89. The molecule has 1 aliphatic rings. The van der Waals surface area contributed by atoms with Gasteiger partial charge in [0.2, 0.25) is 0 Å². The number of nitrogens with one attached hydrogen (secondary N) is 2. The Balaban J connectivity index is 2.00. The summed E-state index contributed by atoms with van der Waals surface area (Å²) in [5.41, 5.74) is 6.74. The Morgan fingerprint density at radius 3 is 3.21 bits per heavy atom. The lowest BCUT2D eigenvalue weighted by Crippen LogP contribution is -2.28. The van der Waals surface area contributed by atoms with Gasteiger partial charge in [-0.2, -0.15) is 0 Å². The maximum atomic E-state index is 5.48. The van der Waals surface area contributed by atoms with Gasteiger partial charge in [0.15, 0.2) is 0 Å². The molecule has 1 saturated heterocycles. The zero-order chi connectivity index (χ0) is 9.80. The van der Waals surface area contributed by atoms with Crippen LogP contribution in [-0.2, 0) is 6.42 Å². The molecule has 14 heavy (non-hydrogen) atoms. The number of aromatic amines is 1. The van der Waals surface area contributed by atoms with Gasteiger partial charge in [-0.3, -0.25) is 0 Å². The van der Waals surface area contributed by atoms with E-state index in [-0.39, 0.29) is 0 Å². The molecule has 0 aromatic carbocycles. The minimum atomic E-state index is 0.614. The third-order valence-corrected chi connectivity index (χ3v) is 2.77. The van der Waals surface area contributed by atoms with Crippen LogP contribution < -0.4 is 11.1 Å². The average molecular weight is 194 g/mol. The van der Waals surface area contributed by atoms with Crippen LogP contribution in [0, 0.1) is 0 Å². The third-order valence-electron chi connectivity index (χ3n) is 2.77. The second kappa shape index (κ2) is 4.57. The van der Waals surface area contributed by atoms with E-state index >= 15 is 0 Å². The molecular weight excluding hydrogens is 176 g/mol. The summed E-state index contributed by atoms with van der Waals surface area (Å²) < 4.78 is 0. The Kier molecular flexibility index (Phi) is 3.16. The topological polar surface area (TPSA) is 66.7 Å². The predicted octanol–water partition coefficient (Wildman–Crippen LogP) is 0.378. The largest absolute Gasteiger partial charge is 0.346 e. The van der Waals surface area contributed by atoms with E-state index in [0.29, 0.717) is 12.5 Å². The SMILES string of the molecule is NCCc1ncc(C2CCCNC2)[nH]1. The standard InChI is InChI=1S/C10H18N4/c11-4-3-10-13-7-9(14-10)8-2-1-5-12-6-8/h7-8,12H,1-6,11H2,(H,13,14). The first kappa shape index (κ1) is 9.68. The Bertz CT molecular complexity index is 275. The number of nitrogens with two attached hydrogens (primary N) is 1. The van der Waals surface area contributed by atoms with E-state index in [0.717, 1.165) is 25.3 Å². The van der Waals surface area contributed by atoms with Crippen LogP contribution in [0.3, 0.4) is 0 Å². The molecule has 4 heteroatoms. The summed E-state index contributed by atoms with van der Waals surface area (Å²) in [6, 6.07) is 0. The molecule has 2 rings (SSSR count). The van der Waals surface area contributed by atoms with E-state index in [2.05, 4.69) is 15.3 Å². The minimum absolute atomic E-state index is 0.614. The van der Waals surface area contributed by atoms with Gasteiger partial charge in [-0.1, -0.05) is 0 Å². The van der Waals surface area contributed by atoms with Gasteiger partial charge in [0.1, 0.15) is 5.82 Å². The molecule has 0 saturated carbocycles. The fraction of sp³-hybridized carbons (Fsp3) is 0.700. The lowest BCUT2D eigenvalue weighted by molar-refractivity contribution is 0.455. The molecule has 4 N–H and O–H groups in total. The Morgan fingerprint density at radius 2 is 2.50 bits per heavy atom. The quantitative estimate of drug-likeness (QED) is 0.651. The van der Waals surface area contributed by atoms with Gasteiger partial charge in [0, 0.05) is 30.8 Å². The van der Waals surface area contributed by atoms with Gasteiger partial charge < -0.3 is 16.0 Å². The highest BCUT2D eigenvalue weighted by atomic mass is 14.9. The summed E-state index contributed by atoms with van der Waals surface area (Å²) in [5, 5.41) is 3.40. The van der Waals surface area contributed by atoms with Crippen molar-refractivity contribution in [2.24, 2.45) is 5.73 Å². The highest BCUT2D eigenvalue weighted by Gasteiger charge is 2.16. The molecule has 2 heterocycles. The molecule has 1 aromatic heterocycles. The summed E-state index contributed by atoms with van der Waals surface area (Å²) in [5.74, 6) is 1.64. The second-order valence-corrected chi connectivity index (χ2v) is 3.87. The van der Waals surface area contributed by atoms with Crippen LogP contribution in [-0.4, -0.2) is 29.6 Å². The molecule has 4 nitrogen and oxygen atoms in total. The number of nitrogens with zero attached hydrogens (tertiary/aromatic N) is 1. The van der Waals surface area contributed by atoms with Crippen molar-refractivity contribution in [3.63, 3.8) is 0 Å².